The Morgan fingerprint density at radius 2 is 1.75 bits per heavy atom. The predicted octanol–water partition coefficient (Wildman–Crippen LogP) is 8.00. The lowest BCUT2D eigenvalue weighted by molar-refractivity contribution is -0.0890. The first-order chi connectivity index (χ1) is 14.8. The first-order valence-electron chi connectivity index (χ1n) is 13.6. The van der Waals surface area contributed by atoms with Crippen LogP contribution in [0.25, 0.3) is 0 Å². The normalized spacial score (nSPS) is 41.3. The summed E-state index contributed by atoms with van der Waals surface area (Å²) in [4.78, 5) is 0. The number of hydrogen-bond acceptors (Lipinski definition) is 2. The maximum Gasteiger partial charge on any atom is 0.0892 e. The Hall–Kier alpha value is -0.600. The van der Waals surface area contributed by atoms with Crippen LogP contribution in [0, 0.1) is 28.1 Å². The molecule has 1 aliphatic heterocycles. The average Bonchev–Trinajstić information content (AvgIpc) is 3.17. The molecule has 2 fully saturated rings. The number of aliphatic hydroxyl groups is 1. The SMILES string of the molecule is C/C(=C\CC[C@@H](C)[C@@]1(C)CCC2=C1CC[C@H]1C(C)(C)[C@@H](O)CC[C@]21C)CCC1OC1(C)C. The van der Waals surface area contributed by atoms with E-state index in [0.717, 1.165) is 12.3 Å². The average molecular weight is 443 g/mol. The molecule has 32 heavy (non-hydrogen) atoms. The third-order valence-electron chi connectivity index (χ3n) is 10.9. The zero-order valence-electron chi connectivity index (χ0n) is 22.3. The number of rotatable bonds is 7. The van der Waals surface area contributed by atoms with Crippen molar-refractivity contribution < 1.29 is 9.84 Å². The van der Waals surface area contributed by atoms with Crippen molar-refractivity contribution in [1.29, 1.82) is 0 Å². The van der Waals surface area contributed by atoms with Crippen molar-refractivity contribution in [1.82, 2.24) is 0 Å². The van der Waals surface area contributed by atoms with Crippen molar-refractivity contribution in [2.45, 2.75) is 137 Å². The highest BCUT2D eigenvalue weighted by Gasteiger charge is 2.57. The summed E-state index contributed by atoms with van der Waals surface area (Å²) in [5, 5.41) is 10.7. The van der Waals surface area contributed by atoms with E-state index in [-0.39, 0.29) is 17.1 Å². The highest BCUT2D eigenvalue weighted by atomic mass is 16.6. The van der Waals surface area contributed by atoms with Crippen LogP contribution in [0.1, 0.15) is 120 Å². The molecule has 2 nitrogen and oxygen atoms in total. The van der Waals surface area contributed by atoms with Gasteiger partial charge in [-0.3, -0.25) is 0 Å². The molecule has 1 heterocycles. The van der Waals surface area contributed by atoms with Crippen molar-refractivity contribution in [3.05, 3.63) is 22.8 Å². The van der Waals surface area contributed by atoms with Crippen molar-refractivity contribution in [3.63, 3.8) is 0 Å². The predicted molar refractivity (Wildman–Crippen MR) is 135 cm³/mol. The number of allylic oxidation sites excluding steroid dienone is 4. The largest absolute Gasteiger partial charge is 0.393 e. The van der Waals surface area contributed by atoms with E-state index in [9.17, 15) is 5.11 Å². The molecule has 1 N–H and O–H groups in total. The van der Waals surface area contributed by atoms with Crippen LogP contribution >= 0.6 is 0 Å². The Labute approximate surface area is 198 Å². The Morgan fingerprint density at radius 3 is 2.41 bits per heavy atom. The molecule has 1 saturated heterocycles. The van der Waals surface area contributed by atoms with Crippen LogP contribution in [0.3, 0.4) is 0 Å². The van der Waals surface area contributed by atoms with E-state index in [0.29, 0.717) is 22.9 Å². The molecule has 0 bridgehead atoms. The summed E-state index contributed by atoms with van der Waals surface area (Å²) >= 11 is 0. The first kappa shape index (κ1) is 24.5. The molecule has 0 radical (unpaired) electrons. The van der Waals surface area contributed by atoms with Gasteiger partial charge in [0.15, 0.2) is 0 Å². The van der Waals surface area contributed by atoms with E-state index < -0.39 is 0 Å². The molecular weight excluding hydrogens is 392 g/mol. The maximum atomic E-state index is 10.7. The Balaban J connectivity index is 1.40. The van der Waals surface area contributed by atoms with Gasteiger partial charge in [-0.2, -0.15) is 0 Å². The summed E-state index contributed by atoms with van der Waals surface area (Å²) in [5.74, 6) is 1.35. The lowest BCUT2D eigenvalue weighted by Crippen LogP contribution is -2.52. The van der Waals surface area contributed by atoms with Crippen LogP contribution in [-0.2, 0) is 4.74 Å². The Kier molecular flexibility index (Phi) is 6.33. The summed E-state index contributed by atoms with van der Waals surface area (Å²) in [6, 6.07) is 0. The fraction of sp³-hybridized carbons (Fsp3) is 0.867. The summed E-state index contributed by atoms with van der Waals surface area (Å²) in [5.41, 5.74) is 6.01. The second-order valence-corrected chi connectivity index (χ2v) is 13.5. The van der Waals surface area contributed by atoms with Crippen LogP contribution in [-0.4, -0.2) is 22.9 Å². The van der Waals surface area contributed by atoms with E-state index in [4.69, 9.17) is 4.74 Å². The number of epoxide rings is 1. The molecule has 3 aliphatic carbocycles. The van der Waals surface area contributed by atoms with E-state index in [2.05, 4.69) is 61.5 Å². The fourth-order valence-electron chi connectivity index (χ4n) is 8.12. The summed E-state index contributed by atoms with van der Waals surface area (Å²) < 4.78 is 5.75. The Bertz CT molecular complexity index is 787. The van der Waals surface area contributed by atoms with Gasteiger partial charge in [0.2, 0.25) is 0 Å². The molecular formula is C30H50O2. The van der Waals surface area contributed by atoms with Gasteiger partial charge in [-0.15, -0.1) is 0 Å². The first-order valence-corrected chi connectivity index (χ1v) is 13.6. The molecule has 0 aromatic carbocycles. The molecule has 0 amide bonds. The van der Waals surface area contributed by atoms with Gasteiger partial charge in [0.1, 0.15) is 0 Å². The van der Waals surface area contributed by atoms with Gasteiger partial charge in [-0.05, 0) is 113 Å². The number of hydrogen-bond donors (Lipinski definition) is 1. The van der Waals surface area contributed by atoms with Crippen molar-refractivity contribution in [2.75, 3.05) is 0 Å². The topological polar surface area (TPSA) is 32.8 Å². The molecule has 182 valence electrons. The highest BCUT2D eigenvalue weighted by Crippen LogP contribution is 2.66. The molecule has 0 spiro atoms. The second-order valence-electron chi connectivity index (χ2n) is 13.5. The summed E-state index contributed by atoms with van der Waals surface area (Å²) in [6.45, 7) is 19.0. The number of ether oxygens (including phenoxy) is 1. The minimum absolute atomic E-state index is 0.0409. The summed E-state index contributed by atoms with van der Waals surface area (Å²) in [6.07, 6.45) is 15.0. The van der Waals surface area contributed by atoms with Crippen LogP contribution in [0.15, 0.2) is 22.8 Å². The van der Waals surface area contributed by atoms with E-state index in [1.165, 1.54) is 63.4 Å². The highest BCUT2D eigenvalue weighted by molar-refractivity contribution is 5.37. The molecule has 0 aromatic heterocycles. The lowest BCUT2D eigenvalue weighted by Gasteiger charge is -2.57. The molecule has 2 heteroatoms. The lowest BCUT2D eigenvalue weighted by atomic mass is 9.49. The molecule has 0 aromatic rings. The molecule has 1 unspecified atom stereocenters. The quantitative estimate of drug-likeness (QED) is 0.320. The summed E-state index contributed by atoms with van der Waals surface area (Å²) in [7, 11) is 0. The maximum absolute atomic E-state index is 10.7. The van der Waals surface area contributed by atoms with Crippen molar-refractivity contribution >= 4 is 0 Å². The molecule has 4 aliphatic rings. The van der Waals surface area contributed by atoms with Crippen LogP contribution < -0.4 is 0 Å². The van der Waals surface area contributed by atoms with Gasteiger partial charge in [-0.25, -0.2) is 0 Å². The van der Waals surface area contributed by atoms with E-state index in [1.807, 2.05) is 11.1 Å². The smallest absolute Gasteiger partial charge is 0.0892 e. The van der Waals surface area contributed by atoms with E-state index in [1.54, 1.807) is 0 Å². The van der Waals surface area contributed by atoms with Crippen LogP contribution in [0.5, 0.6) is 0 Å². The van der Waals surface area contributed by atoms with Gasteiger partial charge in [-0.1, -0.05) is 57.4 Å². The minimum Gasteiger partial charge on any atom is -0.393 e. The van der Waals surface area contributed by atoms with Gasteiger partial charge >= 0.3 is 0 Å². The van der Waals surface area contributed by atoms with Gasteiger partial charge in [0.25, 0.3) is 0 Å². The monoisotopic (exact) mass is 442 g/mol. The van der Waals surface area contributed by atoms with Crippen LogP contribution in [0.2, 0.25) is 0 Å². The van der Waals surface area contributed by atoms with Crippen molar-refractivity contribution in [3.8, 4) is 0 Å². The second kappa shape index (κ2) is 8.26. The van der Waals surface area contributed by atoms with Crippen LogP contribution in [0.4, 0.5) is 0 Å². The Morgan fingerprint density at radius 1 is 1.06 bits per heavy atom. The third kappa shape index (κ3) is 4.06. The molecule has 1 saturated carbocycles. The molecule has 4 rings (SSSR count). The van der Waals surface area contributed by atoms with Gasteiger partial charge in [0, 0.05) is 0 Å². The van der Waals surface area contributed by atoms with E-state index >= 15 is 0 Å². The standard InChI is InChI=1S/C30H50O2/c1-20(12-15-26-28(5,6)32-26)10-9-11-21(2)29(7)18-16-23-22(29)13-14-24-27(3,4)25(31)17-19-30(23,24)8/h10,21,24-26,31H,9,11-19H2,1-8H3/b20-10+/t21-,24+,25+,26?,29-,30-/m1/s1. The third-order valence-corrected chi connectivity index (χ3v) is 10.9. The zero-order chi connectivity index (χ0) is 23.5. The zero-order valence-corrected chi connectivity index (χ0v) is 22.3. The van der Waals surface area contributed by atoms with Gasteiger partial charge in [0.05, 0.1) is 17.8 Å². The fourth-order valence-corrected chi connectivity index (χ4v) is 8.12. The van der Waals surface area contributed by atoms with Crippen molar-refractivity contribution in [2.24, 2.45) is 28.1 Å². The molecule has 6 atom stereocenters. The number of fused-ring (bicyclic) bond motifs is 2. The van der Waals surface area contributed by atoms with Gasteiger partial charge < -0.3 is 9.84 Å². The minimum atomic E-state index is -0.137. The number of aliphatic hydroxyl groups excluding tert-OH is 1.